The van der Waals surface area contributed by atoms with Crippen molar-refractivity contribution in [1.29, 1.82) is 0 Å². The highest BCUT2D eigenvalue weighted by Crippen LogP contribution is 2.23. The minimum atomic E-state index is -4.59. The summed E-state index contributed by atoms with van der Waals surface area (Å²) in [6.45, 7) is -1.98. The second-order valence-electron chi connectivity index (χ2n) is 5.34. The Morgan fingerprint density at radius 3 is 2.52 bits per heavy atom. The molecule has 0 amide bonds. The molecular formula is C15H15F3N2O4S. The Balaban J connectivity index is 2.30. The molecule has 1 aromatic heterocycles. The molecule has 0 saturated heterocycles. The number of pyridine rings is 1. The molecule has 0 atom stereocenters. The lowest BCUT2D eigenvalue weighted by molar-refractivity contribution is -0.142. The number of carboxylic acids is 1. The van der Waals surface area contributed by atoms with Gasteiger partial charge in [-0.25, -0.2) is 8.42 Å². The van der Waals surface area contributed by atoms with Gasteiger partial charge < -0.3 is 5.11 Å². The highest BCUT2D eigenvalue weighted by atomic mass is 32.2. The Morgan fingerprint density at radius 2 is 1.88 bits per heavy atom. The molecule has 1 heterocycles. The summed E-state index contributed by atoms with van der Waals surface area (Å²) in [5.74, 6) is -2.16. The lowest BCUT2D eigenvalue weighted by Gasteiger charge is -2.21. The summed E-state index contributed by atoms with van der Waals surface area (Å²) in [5.41, 5.74) is 0.695. The Hall–Kier alpha value is -2.20. The second-order valence-corrected chi connectivity index (χ2v) is 7.31. The van der Waals surface area contributed by atoms with Crippen LogP contribution in [-0.2, 0) is 20.6 Å². The van der Waals surface area contributed by atoms with Crippen molar-refractivity contribution in [3.8, 4) is 0 Å². The lowest BCUT2D eigenvalue weighted by Crippen LogP contribution is -2.38. The van der Waals surface area contributed by atoms with E-state index in [-0.39, 0.29) is 0 Å². The number of aliphatic carboxylic acids is 1. The smallest absolute Gasteiger partial charge is 0.390 e. The molecule has 0 saturated carbocycles. The minimum Gasteiger partial charge on any atom is -0.480 e. The molecule has 6 nitrogen and oxygen atoms in total. The zero-order valence-electron chi connectivity index (χ0n) is 12.9. The average Bonchev–Trinajstić information content (AvgIpc) is 2.50. The molecule has 0 bridgehead atoms. The van der Waals surface area contributed by atoms with E-state index in [0.717, 1.165) is 0 Å². The van der Waals surface area contributed by atoms with Crippen LogP contribution in [0.5, 0.6) is 0 Å². The number of alkyl halides is 3. The minimum absolute atomic E-state index is 0.292. The normalized spacial score (nSPS) is 12.6. The largest absolute Gasteiger partial charge is 0.480 e. The van der Waals surface area contributed by atoms with Crippen LogP contribution in [0.2, 0.25) is 0 Å². The number of carboxylic acid groups (broad SMARTS) is 1. The summed E-state index contributed by atoms with van der Waals surface area (Å²) in [4.78, 5) is 14.9. The van der Waals surface area contributed by atoms with E-state index in [1.165, 1.54) is 12.3 Å². The predicted molar refractivity (Wildman–Crippen MR) is 84.2 cm³/mol. The lowest BCUT2D eigenvalue weighted by atomic mass is 10.1. The van der Waals surface area contributed by atoms with Crippen LogP contribution in [0.4, 0.5) is 13.2 Å². The first-order chi connectivity index (χ1) is 11.6. The van der Waals surface area contributed by atoms with Crippen LogP contribution in [0.25, 0.3) is 10.9 Å². The van der Waals surface area contributed by atoms with Crippen molar-refractivity contribution in [1.82, 2.24) is 9.29 Å². The van der Waals surface area contributed by atoms with Crippen LogP contribution in [0.3, 0.4) is 0 Å². The van der Waals surface area contributed by atoms with Gasteiger partial charge in [-0.1, -0.05) is 24.3 Å². The van der Waals surface area contributed by atoms with E-state index in [2.05, 4.69) is 4.98 Å². The second kappa shape index (κ2) is 7.36. The maximum Gasteiger partial charge on any atom is 0.390 e. The van der Waals surface area contributed by atoms with Crippen LogP contribution < -0.4 is 0 Å². The number of nitrogens with zero attached hydrogens (tertiary/aromatic N) is 2. The number of fused-ring (bicyclic) bond motifs is 1. The van der Waals surface area contributed by atoms with Gasteiger partial charge >= 0.3 is 12.1 Å². The van der Waals surface area contributed by atoms with Crippen molar-refractivity contribution in [3.63, 3.8) is 0 Å². The predicted octanol–water partition coefficient (Wildman–Crippen LogP) is 2.40. The zero-order chi connectivity index (χ0) is 18.7. The number of sulfonamides is 1. The molecule has 2 rings (SSSR count). The Morgan fingerprint density at radius 1 is 1.20 bits per heavy atom. The number of hydrogen-bond acceptors (Lipinski definition) is 4. The van der Waals surface area contributed by atoms with Crippen LogP contribution in [0.15, 0.2) is 36.5 Å². The summed E-state index contributed by atoms with van der Waals surface area (Å²) < 4.78 is 62.5. The highest BCUT2D eigenvalue weighted by Gasteiger charge is 2.32. The third-order valence-corrected chi connectivity index (χ3v) is 5.18. The first kappa shape index (κ1) is 19.1. The summed E-state index contributed by atoms with van der Waals surface area (Å²) in [5, 5.41) is 9.49. The number of rotatable bonds is 7. The number of aromatic nitrogens is 1. The Labute approximate surface area is 141 Å². The van der Waals surface area contributed by atoms with Gasteiger partial charge in [-0.3, -0.25) is 9.78 Å². The standard InChI is InChI=1S/C15H15F3N2O4S/c16-15(17,18)6-8-20(9-13(21)22)25(23,24)10-12-4-1-3-11-5-2-7-19-14(11)12/h1-5,7H,6,8-10H2,(H,21,22). The van der Waals surface area contributed by atoms with Gasteiger partial charge in [0.05, 0.1) is 17.7 Å². The van der Waals surface area contributed by atoms with Crippen LogP contribution in [0.1, 0.15) is 12.0 Å². The maximum atomic E-state index is 12.5. The van der Waals surface area contributed by atoms with Crippen molar-refractivity contribution in [2.75, 3.05) is 13.1 Å². The molecule has 0 unspecified atom stereocenters. The number of hydrogen-bond donors (Lipinski definition) is 1. The van der Waals surface area contributed by atoms with Crippen LogP contribution >= 0.6 is 0 Å². The maximum absolute atomic E-state index is 12.5. The highest BCUT2D eigenvalue weighted by molar-refractivity contribution is 7.88. The monoisotopic (exact) mass is 376 g/mol. The number of halogens is 3. The summed E-state index contributed by atoms with van der Waals surface area (Å²) in [6.07, 6.45) is -4.54. The average molecular weight is 376 g/mol. The number of carbonyl (C=O) groups is 1. The van der Waals surface area contributed by atoms with Gasteiger partial charge in [-0.15, -0.1) is 0 Å². The van der Waals surface area contributed by atoms with Crippen molar-refractivity contribution >= 4 is 26.9 Å². The van der Waals surface area contributed by atoms with Gasteiger partial charge in [0.15, 0.2) is 0 Å². The fourth-order valence-electron chi connectivity index (χ4n) is 2.29. The van der Waals surface area contributed by atoms with Crippen LogP contribution in [0, 0.1) is 0 Å². The molecule has 2 aromatic rings. The first-order valence-electron chi connectivity index (χ1n) is 7.17. The molecule has 0 fully saturated rings. The molecule has 25 heavy (non-hydrogen) atoms. The van der Waals surface area contributed by atoms with Gasteiger partial charge in [0, 0.05) is 18.1 Å². The molecule has 0 aliphatic carbocycles. The third-order valence-electron chi connectivity index (χ3n) is 3.40. The molecule has 10 heteroatoms. The number of benzene rings is 1. The van der Waals surface area contributed by atoms with E-state index in [1.54, 1.807) is 24.3 Å². The van der Waals surface area contributed by atoms with Gasteiger partial charge in [0.1, 0.15) is 6.54 Å². The molecule has 0 spiro atoms. The molecule has 0 aliphatic heterocycles. The molecular weight excluding hydrogens is 361 g/mol. The fourth-order valence-corrected chi connectivity index (χ4v) is 3.78. The van der Waals surface area contributed by atoms with E-state index in [9.17, 15) is 26.4 Å². The molecule has 0 aliphatic rings. The quantitative estimate of drug-likeness (QED) is 0.802. The molecule has 1 N–H and O–H groups in total. The first-order valence-corrected chi connectivity index (χ1v) is 8.78. The SMILES string of the molecule is O=C(O)CN(CCC(F)(F)F)S(=O)(=O)Cc1cccc2cccnc12. The van der Waals surface area contributed by atoms with Gasteiger partial charge in [0.2, 0.25) is 10.0 Å². The van der Waals surface area contributed by atoms with E-state index >= 15 is 0 Å². The van der Waals surface area contributed by atoms with Gasteiger partial charge in [-0.05, 0) is 11.6 Å². The Bertz CT molecular complexity index is 863. The zero-order valence-corrected chi connectivity index (χ0v) is 13.7. The van der Waals surface area contributed by atoms with Crippen molar-refractivity contribution in [3.05, 3.63) is 42.1 Å². The van der Waals surface area contributed by atoms with Gasteiger partial charge in [-0.2, -0.15) is 17.5 Å². The topological polar surface area (TPSA) is 87.6 Å². The van der Waals surface area contributed by atoms with E-state index in [0.29, 0.717) is 20.8 Å². The summed E-state index contributed by atoms with van der Waals surface area (Å²) in [7, 11) is -4.27. The van der Waals surface area contributed by atoms with E-state index < -0.39 is 47.4 Å². The molecule has 136 valence electrons. The summed E-state index contributed by atoms with van der Waals surface area (Å²) >= 11 is 0. The van der Waals surface area contributed by atoms with E-state index in [1.807, 2.05) is 0 Å². The van der Waals surface area contributed by atoms with Crippen LogP contribution in [-0.4, -0.2) is 48.0 Å². The molecule has 1 aromatic carbocycles. The molecule has 0 radical (unpaired) electrons. The van der Waals surface area contributed by atoms with Gasteiger partial charge in [0.25, 0.3) is 0 Å². The fraction of sp³-hybridized carbons (Fsp3) is 0.333. The number of para-hydroxylation sites is 1. The third kappa shape index (κ3) is 5.40. The Kier molecular flexibility index (Phi) is 5.63. The van der Waals surface area contributed by atoms with Crippen molar-refractivity contribution < 1.29 is 31.5 Å². The van der Waals surface area contributed by atoms with Crippen molar-refractivity contribution in [2.45, 2.75) is 18.3 Å². The van der Waals surface area contributed by atoms with Crippen molar-refractivity contribution in [2.24, 2.45) is 0 Å². The summed E-state index contributed by atoms with van der Waals surface area (Å²) in [6, 6.07) is 8.20. The van der Waals surface area contributed by atoms with E-state index in [4.69, 9.17) is 5.11 Å².